The van der Waals surface area contributed by atoms with Crippen LogP contribution in [0.15, 0.2) is 48.5 Å². The lowest BCUT2D eigenvalue weighted by molar-refractivity contribution is -0.345. The van der Waals surface area contributed by atoms with Gasteiger partial charge in [-0.25, -0.2) is 4.39 Å². The van der Waals surface area contributed by atoms with Crippen LogP contribution in [-0.4, -0.2) is 36.4 Å². The van der Waals surface area contributed by atoms with Gasteiger partial charge in [0.1, 0.15) is 5.82 Å². The first-order valence-electron chi connectivity index (χ1n) is 8.22. The Hall–Kier alpha value is -2.41. The monoisotopic (exact) mass is 367 g/mol. The van der Waals surface area contributed by atoms with Gasteiger partial charge in [-0.05, 0) is 42.2 Å². The summed E-state index contributed by atoms with van der Waals surface area (Å²) in [5.74, 6) is -0.625. The number of carbonyl (C=O) groups excluding carboxylic acids is 1. The molecule has 0 saturated carbocycles. The van der Waals surface area contributed by atoms with E-state index in [0.717, 1.165) is 0 Å². The number of carbonyl (C=O) groups is 1. The molecule has 1 aliphatic heterocycles. The first kappa shape index (κ1) is 18.4. The Morgan fingerprint density at radius 3 is 2.23 bits per heavy atom. The molecule has 7 heteroatoms. The molecule has 1 heterocycles. The van der Waals surface area contributed by atoms with Crippen LogP contribution in [0.25, 0.3) is 11.1 Å². The largest absolute Gasteiger partial charge is 0.522 e. The molecule has 0 radical (unpaired) electrons. The first-order chi connectivity index (χ1) is 12.3. The molecule has 0 unspecified atom stereocenters. The normalized spacial score (nSPS) is 15.9. The number of halogens is 4. The van der Waals surface area contributed by atoms with Gasteiger partial charge in [-0.15, -0.1) is 13.2 Å². The molecule has 2 aromatic rings. The Morgan fingerprint density at radius 1 is 1.00 bits per heavy atom. The van der Waals surface area contributed by atoms with Crippen molar-refractivity contribution in [1.29, 1.82) is 0 Å². The zero-order valence-corrected chi connectivity index (χ0v) is 13.8. The molecule has 0 N–H and O–H groups in total. The fourth-order valence-electron chi connectivity index (χ4n) is 3.09. The maximum absolute atomic E-state index is 13.1. The van der Waals surface area contributed by atoms with Gasteiger partial charge in [-0.2, -0.15) is 0 Å². The highest BCUT2D eigenvalue weighted by atomic mass is 19.4. The number of alkyl halides is 3. The third-order valence-corrected chi connectivity index (χ3v) is 4.34. The van der Waals surface area contributed by atoms with E-state index in [1.165, 1.54) is 17.0 Å². The summed E-state index contributed by atoms with van der Waals surface area (Å²) in [6.07, 6.45) is -5.33. The molecule has 1 fully saturated rings. The van der Waals surface area contributed by atoms with E-state index in [2.05, 4.69) is 4.74 Å². The summed E-state index contributed by atoms with van der Waals surface area (Å²) in [5, 5.41) is 0. The maximum atomic E-state index is 13.1. The highest BCUT2D eigenvalue weighted by Crippen LogP contribution is 2.28. The highest BCUT2D eigenvalue weighted by Gasteiger charge is 2.35. The van der Waals surface area contributed by atoms with Crippen LogP contribution >= 0.6 is 0 Å². The van der Waals surface area contributed by atoms with Crippen molar-refractivity contribution in [2.75, 3.05) is 13.1 Å². The van der Waals surface area contributed by atoms with Crippen LogP contribution in [-0.2, 0) is 4.74 Å². The minimum atomic E-state index is -4.66. The van der Waals surface area contributed by atoms with Gasteiger partial charge in [0.2, 0.25) is 0 Å². The molecule has 3 rings (SSSR count). The number of nitrogens with zero attached hydrogens (tertiary/aromatic N) is 1. The lowest BCUT2D eigenvalue weighted by atomic mass is 9.98. The quantitative estimate of drug-likeness (QED) is 0.740. The van der Waals surface area contributed by atoms with Gasteiger partial charge in [0.25, 0.3) is 5.91 Å². The van der Waals surface area contributed by atoms with Crippen molar-refractivity contribution < 1.29 is 27.1 Å². The summed E-state index contributed by atoms with van der Waals surface area (Å²) in [7, 11) is 0. The smallest absolute Gasteiger partial charge is 0.338 e. The summed E-state index contributed by atoms with van der Waals surface area (Å²) in [4.78, 5) is 14.4. The van der Waals surface area contributed by atoms with Crippen LogP contribution in [0.5, 0.6) is 0 Å². The number of amides is 1. The van der Waals surface area contributed by atoms with E-state index in [0.29, 0.717) is 16.7 Å². The van der Waals surface area contributed by atoms with E-state index in [1.807, 2.05) is 0 Å². The highest BCUT2D eigenvalue weighted by molar-refractivity contribution is 6.00. The molecule has 0 aliphatic carbocycles. The van der Waals surface area contributed by atoms with E-state index in [4.69, 9.17) is 0 Å². The summed E-state index contributed by atoms with van der Waals surface area (Å²) >= 11 is 0. The van der Waals surface area contributed by atoms with Crippen molar-refractivity contribution in [2.24, 2.45) is 0 Å². The number of benzene rings is 2. The molecule has 138 valence electrons. The van der Waals surface area contributed by atoms with Crippen molar-refractivity contribution >= 4 is 5.91 Å². The minimum absolute atomic E-state index is 0.129. The third-order valence-electron chi connectivity index (χ3n) is 4.34. The van der Waals surface area contributed by atoms with Crippen LogP contribution < -0.4 is 0 Å². The van der Waals surface area contributed by atoms with E-state index in [1.54, 1.807) is 36.4 Å². The van der Waals surface area contributed by atoms with Gasteiger partial charge in [0.05, 0.1) is 6.10 Å². The van der Waals surface area contributed by atoms with Crippen molar-refractivity contribution in [3.05, 3.63) is 59.9 Å². The lowest BCUT2D eigenvalue weighted by Crippen LogP contribution is -2.42. The van der Waals surface area contributed by atoms with Crippen LogP contribution in [0.3, 0.4) is 0 Å². The van der Waals surface area contributed by atoms with Crippen LogP contribution in [0.1, 0.15) is 23.2 Å². The second-order valence-corrected chi connectivity index (χ2v) is 6.11. The fraction of sp³-hybridized carbons (Fsp3) is 0.316. The summed E-state index contributed by atoms with van der Waals surface area (Å²) < 4.78 is 54.1. The van der Waals surface area contributed by atoms with Crippen molar-refractivity contribution in [2.45, 2.75) is 25.3 Å². The topological polar surface area (TPSA) is 29.5 Å². The Bertz CT molecular complexity index is 766. The zero-order valence-electron chi connectivity index (χ0n) is 13.8. The van der Waals surface area contributed by atoms with E-state index in [-0.39, 0.29) is 37.7 Å². The van der Waals surface area contributed by atoms with Gasteiger partial charge in [0, 0.05) is 18.7 Å². The van der Waals surface area contributed by atoms with Gasteiger partial charge < -0.3 is 4.90 Å². The first-order valence-corrected chi connectivity index (χ1v) is 8.22. The van der Waals surface area contributed by atoms with Crippen LogP contribution in [0.2, 0.25) is 0 Å². The molecular weight excluding hydrogens is 350 g/mol. The Labute approximate surface area is 148 Å². The summed E-state index contributed by atoms with van der Waals surface area (Å²) in [5.41, 5.74) is 1.80. The Balaban J connectivity index is 1.74. The van der Waals surface area contributed by atoms with Gasteiger partial charge in [-0.1, -0.05) is 30.3 Å². The molecule has 26 heavy (non-hydrogen) atoms. The second-order valence-electron chi connectivity index (χ2n) is 6.11. The van der Waals surface area contributed by atoms with Crippen molar-refractivity contribution in [3.63, 3.8) is 0 Å². The van der Waals surface area contributed by atoms with Crippen LogP contribution in [0.4, 0.5) is 17.6 Å². The summed E-state index contributed by atoms with van der Waals surface area (Å²) in [6.45, 7) is 0.384. The number of piperidine rings is 1. The molecule has 0 atom stereocenters. The predicted molar refractivity (Wildman–Crippen MR) is 87.9 cm³/mol. The van der Waals surface area contributed by atoms with Crippen molar-refractivity contribution in [3.8, 4) is 11.1 Å². The lowest BCUT2D eigenvalue weighted by Gasteiger charge is -2.32. The Morgan fingerprint density at radius 2 is 1.62 bits per heavy atom. The number of rotatable bonds is 3. The summed E-state index contributed by atoms with van der Waals surface area (Å²) in [6, 6.07) is 12.7. The minimum Gasteiger partial charge on any atom is -0.338 e. The standard InChI is InChI=1S/C19H17F4NO2/c20-14-7-5-13(6-8-14)16-3-1-2-4-17(16)18(25)24-11-9-15(10-12-24)26-19(21,22)23/h1-8,15H,9-12H2. The fourth-order valence-corrected chi connectivity index (χ4v) is 3.09. The van der Waals surface area contributed by atoms with E-state index < -0.39 is 12.5 Å². The number of likely N-dealkylation sites (tertiary alicyclic amines) is 1. The number of hydrogen-bond acceptors (Lipinski definition) is 2. The molecule has 0 aromatic heterocycles. The number of ether oxygens (including phenoxy) is 1. The van der Waals surface area contributed by atoms with Crippen LogP contribution in [0, 0.1) is 5.82 Å². The molecule has 2 aromatic carbocycles. The predicted octanol–water partition coefficient (Wildman–Crippen LogP) is 4.63. The number of hydrogen-bond donors (Lipinski definition) is 0. The van der Waals surface area contributed by atoms with E-state index in [9.17, 15) is 22.4 Å². The molecule has 1 aliphatic rings. The van der Waals surface area contributed by atoms with Gasteiger partial charge in [-0.3, -0.25) is 9.53 Å². The van der Waals surface area contributed by atoms with Gasteiger partial charge >= 0.3 is 6.36 Å². The van der Waals surface area contributed by atoms with Gasteiger partial charge in [0.15, 0.2) is 0 Å². The average Bonchev–Trinajstić information content (AvgIpc) is 2.61. The molecule has 0 spiro atoms. The SMILES string of the molecule is O=C(c1ccccc1-c1ccc(F)cc1)N1CCC(OC(F)(F)F)CC1. The zero-order chi connectivity index (χ0) is 18.7. The third kappa shape index (κ3) is 4.40. The molecule has 3 nitrogen and oxygen atoms in total. The molecular formula is C19H17F4NO2. The van der Waals surface area contributed by atoms with E-state index >= 15 is 0 Å². The molecule has 0 bridgehead atoms. The molecule has 1 saturated heterocycles. The maximum Gasteiger partial charge on any atom is 0.522 e. The average molecular weight is 367 g/mol. The Kier molecular flexibility index (Phi) is 5.27. The van der Waals surface area contributed by atoms with Crippen molar-refractivity contribution in [1.82, 2.24) is 4.90 Å². The second kappa shape index (κ2) is 7.45. The molecule has 1 amide bonds.